The fourth-order valence-corrected chi connectivity index (χ4v) is 3.63. The molecule has 0 unspecified atom stereocenters. The molecule has 0 amide bonds. The maximum absolute atomic E-state index is 5.83. The average Bonchev–Trinajstić information content (AvgIpc) is 3.23. The van der Waals surface area contributed by atoms with E-state index < -0.39 is 0 Å². The smallest absolute Gasteiger partial charge is 0.195 e. The maximum Gasteiger partial charge on any atom is 0.195 e. The fourth-order valence-electron chi connectivity index (χ4n) is 3.63. The zero-order chi connectivity index (χ0) is 22.9. The Bertz CT molecular complexity index is 1070. The van der Waals surface area contributed by atoms with Crippen molar-refractivity contribution in [2.24, 2.45) is 4.99 Å². The number of aryl methyl sites for hydroxylation is 1. The summed E-state index contributed by atoms with van der Waals surface area (Å²) in [6.07, 6.45) is 5.37. The Balaban J connectivity index is 1.45. The lowest BCUT2D eigenvalue weighted by atomic mass is 10.1. The van der Waals surface area contributed by atoms with Crippen LogP contribution in [0.2, 0.25) is 0 Å². The first-order valence-electron chi connectivity index (χ1n) is 11.3. The van der Waals surface area contributed by atoms with Crippen LogP contribution in [0.15, 0.2) is 59.9 Å². The molecule has 0 aliphatic carbocycles. The second-order valence-electron chi connectivity index (χ2n) is 7.83. The molecule has 2 heterocycles. The normalized spacial score (nSPS) is 13.3. The number of guanidine groups is 1. The minimum atomic E-state index is 0.613. The molecular formula is C25H31N5O3. The molecule has 33 heavy (non-hydrogen) atoms. The number of aliphatic imine (C=N–C) groups is 1. The summed E-state index contributed by atoms with van der Waals surface area (Å²) in [5.74, 6) is 3.11. The average molecular weight is 450 g/mol. The zero-order valence-electron chi connectivity index (χ0n) is 19.2. The van der Waals surface area contributed by atoms with Gasteiger partial charge >= 0.3 is 0 Å². The van der Waals surface area contributed by atoms with Gasteiger partial charge in [-0.05, 0) is 43.2 Å². The van der Waals surface area contributed by atoms with E-state index in [0.29, 0.717) is 32.3 Å². The predicted octanol–water partition coefficient (Wildman–Crippen LogP) is 3.66. The predicted molar refractivity (Wildman–Crippen MR) is 130 cm³/mol. The number of ether oxygens (including phenoxy) is 3. The van der Waals surface area contributed by atoms with E-state index in [-0.39, 0.29) is 0 Å². The molecule has 1 aliphatic heterocycles. The van der Waals surface area contributed by atoms with Crippen molar-refractivity contribution in [3.05, 3.63) is 66.0 Å². The Morgan fingerprint density at radius 3 is 2.85 bits per heavy atom. The summed E-state index contributed by atoms with van der Waals surface area (Å²) < 4.78 is 19.0. The third-order valence-electron chi connectivity index (χ3n) is 5.29. The highest BCUT2D eigenvalue weighted by atomic mass is 16.5. The van der Waals surface area contributed by atoms with Crippen molar-refractivity contribution < 1.29 is 14.2 Å². The van der Waals surface area contributed by atoms with Crippen LogP contribution in [0, 0.1) is 6.92 Å². The lowest BCUT2D eigenvalue weighted by Crippen LogP contribution is -2.33. The van der Waals surface area contributed by atoms with Gasteiger partial charge in [0.05, 0.1) is 26.9 Å². The van der Waals surface area contributed by atoms with Crippen LogP contribution in [-0.2, 0) is 13.0 Å². The van der Waals surface area contributed by atoms with Gasteiger partial charge in [-0.25, -0.2) is 0 Å². The van der Waals surface area contributed by atoms with Crippen LogP contribution in [0.3, 0.4) is 0 Å². The third kappa shape index (κ3) is 6.41. The molecule has 2 aromatic carbocycles. The number of hydrogen-bond donors (Lipinski definition) is 2. The van der Waals surface area contributed by atoms with Gasteiger partial charge in [0.2, 0.25) is 0 Å². The van der Waals surface area contributed by atoms with Crippen molar-refractivity contribution in [2.45, 2.75) is 26.3 Å². The fraction of sp³-hybridized carbons (Fsp3) is 0.360. The molecule has 0 fully saturated rings. The minimum Gasteiger partial charge on any atom is -0.496 e. The van der Waals surface area contributed by atoms with E-state index in [1.54, 1.807) is 13.3 Å². The zero-order valence-corrected chi connectivity index (χ0v) is 19.2. The molecule has 0 atom stereocenters. The molecule has 2 N–H and O–H groups in total. The first kappa shape index (κ1) is 22.5. The number of nitrogens with one attached hydrogen (secondary N) is 2. The van der Waals surface area contributed by atoms with Crippen LogP contribution in [0.25, 0.3) is 0 Å². The maximum atomic E-state index is 5.83. The summed E-state index contributed by atoms with van der Waals surface area (Å²) >= 11 is 0. The molecule has 3 aromatic rings. The van der Waals surface area contributed by atoms with Crippen LogP contribution in [0.5, 0.6) is 17.2 Å². The number of nitrogens with zero attached hydrogens (tertiary/aromatic N) is 3. The summed E-state index contributed by atoms with van der Waals surface area (Å²) in [6.45, 7) is 5.44. The van der Waals surface area contributed by atoms with Gasteiger partial charge in [-0.1, -0.05) is 17.7 Å². The van der Waals surface area contributed by atoms with Crippen LogP contribution in [0.1, 0.15) is 17.5 Å². The Morgan fingerprint density at radius 1 is 1.15 bits per heavy atom. The highest BCUT2D eigenvalue weighted by Gasteiger charge is 2.12. The van der Waals surface area contributed by atoms with Crippen molar-refractivity contribution in [3.63, 3.8) is 0 Å². The Kier molecular flexibility index (Phi) is 7.68. The van der Waals surface area contributed by atoms with E-state index >= 15 is 0 Å². The van der Waals surface area contributed by atoms with Gasteiger partial charge in [0.15, 0.2) is 17.5 Å². The summed E-state index contributed by atoms with van der Waals surface area (Å²) in [5.41, 5.74) is 3.24. The summed E-state index contributed by atoms with van der Waals surface area (Å²) in [5, 5.41) is 11.1. The van der Waals surface area contributed by atoms with E-state index in [1.165, 1.54) is 5.56 Å². The number of fused-ring (bicyclic) bond motifs is 1. The van der Waals surface area contributed by atoms with E-state index in [4.69, 9.17) is 19.2 Å². The van der Waals surface area contributed by atoms with Crippen LogP contribution in [-0.4, -0.2) is 49.2 Å². The topological polar surface area (TPSA) is 81.9 Å². The number of rotatable bonds is 8. The second-order valence-corrected chi connectivity index (χ2v) is 7.83. The van der Waals surface area contributed by atoms with Crippen molar-refractivity contribution in [1.29, 1.82) is 0 Å². The second kappa shape index (κ2) is 11.3. The van der Waals surface area contributed by atoms with Crippen LogP contribution in [0.4, 0.5) is 5.69 Å². The first-order valence-corrected chi connectivity index (χ1v) is 11.3. The van der Waals surface area contributed by atoms with Gasteiger partial charge in [0, 0.05) is 43.7 Å². The lowest BCUT2D eigenvalue weighted by molar-refractivity contribution is 0.297. The molecule has 1 aromatic heterocycles. The van der Waals surface area contributed by atoms with Gasteiger partial charge in [0.1, 0.15) is 5.75 Å². The Labute approximate surface area is 194 Å². The lowest BCUT2D eigenvalue weighted by Gasteiger charge is -2.15. The SMILES string of the molecule is COc1ccc(C)cc1CCN=C(NCCn1cccn1)Nc1ccc2c(c1)OCCCO2. The first-order chi connectivity index (χ1) is 16.2. The van der Waals surface area contributed by atoms with Gasteiger partial charge < -0.3 is 24.8 Å². The summed E-state index contributed by atoms with van der Waals surface area (Å²) in [4.78, 5) is 4.81. The van der Waals surface area contributed by atoms with Crippen LogP contribution >= 0.6 is 0 Å². The highest BCUT2D eigenvalue weighted by Crippen LogP contribution is 2.32. The monoisotopic (exact) mass is 449 g/mol. The molecule has 0 saturated carbocycles. The minimum absolute atomic E-state index is 0.613. The molecule has 1 aliphatic rings. The molecule has 4 rings (SSSR count). The van der Waals surface area contributed by atoms with Crippen molar-refractivity contribution >= 4 is 11.6 Å². The Hall–Kier alpha value is -3.68. The molecular weight excluding hydrogens is 418 g/mol. The third-order valence-corrected chi connectivity index (χ3v) is 5.29. The molecule has 0 radical (unpaired) electrons. The largest absolute Gasteiger partial charge is 0.496 e. The molecule has 174 valence electrons. The summed E-state index contributed by atoms with van der Waals surface area (Å²) in [6, 6.07) is 14.0. The van der Waals surface area contributed by atoms with E-state index in [9.17, 15) is 0 Å². The standard InChI is InChI=1S/C25H31N5O3/c1-19-5-7-22(31-2)20(17-19)9-11-26-25(27-12-14-30-13-3-10-28-30)29-21-6-8-23-24(18-21)33-16-4-15-32-23/h3,5-8,10,13,17-18H,4,9,11-12,14-16H2,1-2H3,(H2,26,27,29). The quantitative estimate of drug-likeness (QED) is 0.404. The molecule has 0 spiro atoms. The number of aromatic nitrogens is 2. The highest BCUT2D eigenvalue weighted by molar-refractivity contribution is 5.94. The van der Waals surface area contributed by atoms with Gasteiger partial charge in [0.25, 0.3) is 0 Å². The Morgan fingerprint density at radius 2 is 2.03 bits per heavy atom. The molecule has 0 saturated heterocycles. The van der Waals surface area contributed by atoms with Gasteiger partial charge in [-0.3, -0.25) is 9.67 Å². The number of benzene rings is 2. The summed E-state index contributed by atoms with van der Waals surface area (Å²) in [7, 11) is 1.70. The number of hydrogen-bond acceptors (Lipinski definition) is 5. The van der Waals surface area contributed by atoms with Gasteiger partial charge in [-0.15, -0.1) is 0 Å². The molecule has 8 nitrogen and oxygen atoms in total. The van der Waals surface area contributed by atoms with E-state index in [1.807, 2.05) is 41.2 Å². The van der Waals surface area contributed by atoms with Crippen molar-refractivity contribution in [1.82, 2.24) is 15.1 Å². The van der Waals surface area contributed by atoms with Gasteiger partial charge in [-0.2, -0.15) is 5.10 Å². The van der Waals surface area contributed by atoms with Crippen LogP contribution < -0.4 is 24.8 Å². The molecule has 8 heteroatoms. The number of anilines is 1. The van der Waals surface area contributed by atoms with Crippen molar-refractivity contribution in [3.8, 4) is 17.2 Å². The molecule has 0 bridgehead atoms. The van der Waals surface area contributed by atoms with Crippen molar-refractivity contribution in [2.75, 3.05) is 38.7 Å². The van der Waals surface area contributed by atoms with E-state index in [0.717, 1.165) is 47.9 Å². The number of methoxy groups -OCH3 is 1. The van der Waals surface area contributed by atoms with E-state index in [2.05, 4.69) is 34.8 Å².